The Hall–Kier alpha value is -4.71. The van der Waals surface area contributed by atoms with Gasteiger partial charge in [0.1, 0.15) is 17.2 Å². The van der Waals surface area contributed by atoms with E-state index >= 15 is 0 Å². The van der Waals surface area contributed by atoms with Gasteiger partial charge in [-0.2, -0.15) is 5.26 Å². The molecule has 1 saturated heterocycles. The molecule has 0 aromatic heterocycles. The fraction of sp³-hybridized carbons (Fsp3) is 0.242. The number of nitrogens with one attached hydrogen (secondary N) is 1. The highest BCUT2D eigenvalue weighted by atomic mass is 16.6. The number of nitrogens with zero attached hydrogens (tertiary/aromatic N) is 2. The summed E-state index contributed by atoms with van der Waals surface area (Å²) in [5.74, 6) is 2.50. The quantitative estimate of drug-likeness (QED) is 0.161. The highest BCUT2D eigenvalue weighted by Crippen LogP contribution is 2.32. The van der Waals surface area contributed by atoms with Crippen LogP contribution in [-0.2, 0) is 11.3 Å². The Kier molecular flexibility index (Phi) is 8.89. The van der Waals surface area contributed by atoms with Gasteiger partial charge in [0.25, 0.3) is 5.69 Å². The molecule has 4 aromatic rings. The van der Waals surface area contributed by atoms with Gasteiger partial charge in [-0.3, -0.25) is 10.1 Å². The second-order valence-electron chi connectivity index (χ2n) is 10.1. The fourth-order valence-electron chi connectivity index (χ4n) is 4.90. The minimum Gasteiger partial charge on any atom is -0.493 e. The predicted octanol–water partition coefficient (Wildman–Crippen LogP) is 6.86. The number of ether oxygens (including phenoxy) is 3. The zero-order valence-electron chi connectivity index (χ0n) is 22.8. The van der Waals surface area contributed by atoms with Gasteiger partial charge in [0, 0.05) is 36.8 Å². The molecule has 4 aromatic carbocycles. The molecule has 0 aliphatic carbocycles. The number of benzene rings is 4. The first-order chi connectivity index (χ1) is 20.0. The molecule has 1 aliphatic heterocycles. The van der Waals surface area contributed by atoms with Crippen molar-refractivity contribution in [3.63, 3.8) is 0 Å². The van der Waals surface area contributed by atoms with Crippen LogP contribution in [0, 0.1) is 34.3 Å². The monoisotopic (exact) mass is 549 g/mol. The molecule has 1 N–H and O–H groups in total. The highest BCUT2D eigenvalue weighted by molar-refractivity contribution is 5.49. The lowest BCUT2D eigenvalue weighted by Gasteiger charge is -2.22. The minimum absolute atomic E-state index is 0.0789. The topological polar surface area (TPSA) is 107 Å². The Morgan fingerprint density at radius 1 is 1.02 bits per heavy atom. The van der Waals surface area contributed by atoms with Crippen molar-refractivity contribution in [2.24, 2.45) is 5.92 Å². The van der Waals surface area contributed by atoms with Gasteiger partial charge in [-0.15, -0.1) is 0 Å². The summed E-state index contributed by atoms with van der Waals surface area (Å²) in [5.41, 5.74) is 4.03. The predicted molar refractivity (Wildman–Crippen MR) is 155 cm³/mol. The minimum atomic E-state index is -0.354. The van der Waals surface area contributed by atoms with Crippen molar-refractivity contribution in [2.45, 2.75) is 25.9 Å². The molecule has 1 heterocycles. The van der Waals surface area contributed by atoms with Crippen LogP contribution in [0.3, 0.4) is 0 Å². The van der Waals surface area contributed by atoms with Crippen molar-refractivity contribution in [1.82, 2.24) is 5.32 Å². The molecule has 5 rings (SSSR count). The van der Waals surface area contributed by atoms with Crippen LogP contribution in [0.4, 0.5) is 5.69 Å². The van der Waals surface area contributed by atoms with Crippen molar-refractivity contribution in [2.75, 3.05) is 19.8 Å². The second kappa shape index (κ2) is 13.1. The van der Waals surface area contributed by atoms with Crippen LogP contribution in [0.25, 0.3) is 0 Å². The van der Waals surface area contributed by atoms with Gasteiger partial charge >= 0.3 is 0 Å². The number of nitro benzene ring substituents is 1. The first kappa shape index (κ1) is 27.8. The Labute approximate surface area is 239 Å². The van der Waals surface area contributed by atoms with Crippen molar-refractivity contribution in [3.8, 4) is 23.3 Å². The molecule has 1 aliphatic rings. The largest absolute Gasteiger partial charge is 0.493 e. The maximum atomic E-state index is 11.7. The zero-order valence-corrected chi connectivity index (χ0v) is 22.8. The molecule has 208 valence electrons. The van der Waals surface area contributed by atoms with Crippen LogP contribution in [0.1, 0.15) is 40.3 Å². The maximum absolute atomic E-state index is 11.7. The zero-order chi connectivity index (χ0) is 28.6. The lowest BCUT2D eigenvalue weighted by atomic mass is 9.93. The van der Waals surface area contributed by atoms with Gasteiger partial charge in [0.15, 0.2) is 0 Å². The molecular weight excluding hydrogens is 518 g/mol. The maximum Gasteiger partial charge on any atom is 0.272 e. The Morgan fingerprint density at radius 3 is 2.49 bits per heavy atom. The molecule has 0 spiro atoms. The molecule has 0 radical (unpaired) electrons. The number of rotatable bonds is 11. The van der Waals surface area contributed by atoms with E-state index in [-0.39, 0.29) is 16.7 Å². The average molecular weight is 550 g/mol. The van der Waals surface area contributed by atoms with E-state index < -0.39 is 0 Å². The summed E-state index contributed by atoms with van der Waals surface area (Å²) in [5, 5.41) is 24.3. The van der Waals surface area contributed by atoms with Gasteiger partial charge in [-0.1, -0.05) is 42.5 Å². The van der Waals surface area contributed by atoms with Crippen LogP contribution >= 0.6 is 0 Å². The molecular formula is C33H31N3O5. The van der Waals surface area contributed by atoms with E-state index in [1.54, 1.807) is 25.1 Å². The number of hydrogen-bond donors (Lipinski definition) is 1. The van der Waals surface area contributed by atoms with E-state index in [0.717, 1.165) is 42.1 Å². The molecule has 0 saturated carbocycles. The van der Waals surface area contributed by atoms with E-state index in [4.69, 9.17) is 19.5 Å². The lowest BCUT2D eigenvalue weighted by Crippen LogP contribution is -2.23. The smallest absolute Gasteiger partial charge is 0.272 e. The van der Waals surface area contributed by atoms with Crippen molar-refractivity contribution in [3.05, 3.63) is 129 Å². The van der Waals surface area contributed by atoms with Gasteiger partial charge < -0.3 is 19.5 Å². The summed E-state index contributed by atoms with van der Waals surface area (Å²) in [6.45, 7) is 4.43. The molecule has 8 heteroatoms. The van der Waals surface area contributed by atoms with Crippen molar-refractivity contribution < 1.29 is 19.1 Å². The average Bonchev–Trinajstić information content (AvgIpc) is 3.52. The van der Waals surface area contributed by atoms with Crippen molar-refractivity contribution in [1.29, 1.82) is 5.26 Å². The third-order valence-electron chi connectivity index (χ3n) is 7.21. The van der Waals surface area contributed by atoms with Crippen LogP contribution < -0.4 is 14.8 Å². The molecule has 8 nitrogen and oxygen atoms in total. The van der Waals surface area contributed by atoms with E-state index in [9.17, 15) is 10.1 Å². The molecule has 0 bridgehead atoms. The summed E-state index contributed by atoms with van der Waals surface area (Å²) in [4.78, 5) is 11.3. The Morgan fingerprint density at radius 2 is 1.78 bits per heavy atom. The van der Waals surface area contributed by atoms with Gasteiger partial charge in [-0.05, 0) is 66.4 Å². The number of nitro groups is 1. The summed E-state index contributed by atoms with van der Waals surface area (Å²) >= 11 is 0. The van der Waals surface area contributed by atoms with Crippen LogP contribution in [-0.4, -0.2) is 24.7 Å². The van der Waals surface area contributed by atoms with E-state index in [0.29, 0.717) is 41.7 Å². The molecule has 0 amide bonds. The number of nitriles is 1. The third-order valence-corrected chi connectivity index (χ3v) is 7.21. The van der Waals surface area contributed by atoms with E-state index in [1.165, 1.54) is 6.07 Å². The number of hydrogen-bond acceptors (Lipinski definition) is 7. The standard InChI is InChI=1S/C33H31N3O5/c1-23-31(6-3-7-32(23)36(37)38)33(35-20-25-10-8-24(19-34)9-11-25)27-12-14-28(15-13-27)41-30-5-2-4-29(18-30)40-22-26-16-17-39-21-26/h2-15,18,26,33,35H,16-17,20-22H2,1H3. The second-order valence-corrected chi connectivity index (χ2v) is 10.1. The highest BCUT2D eigenvalue weighted by Gasteiger charge is 2.22. The van der Waals surface area contributed by atoms with Crippen LogP contribution in [0.15, 0.2) is 91.0 Å². The first-order valence-corrected chi connectivity index (χ1v) is 13.5. The summed E-state index contributed by atoms with van der Waals surface area (Å²) < 4.78 is 17.5. The fourth-order valence-corrected chi connectivity index (χ4v) is 4.90. The molecule has 1 fully saturated rings. The van der Waals surface area contributed by atoms with Crippen LogP contribution in [0.2, 0.25) is 0 Å². The first-order valence-electron chi connectivity index (χ1n) is 13.5. The Bertz CT molecular complexity index is 1520. The molecule has 2 unspecified atom stereocenters. The third kappa shape index (κ3) is 7.09. The van der Waals surface area contributed by atoms with E-state index in [1.807, 2.05) is 66.7 Å². The summed E-state index contributed by atoms with van der Waals surface area (Å²) in [6.07, 6.45) is 1.02. The lowest BCUT2D eigenvalue weighted by molar-refractivity contribution is -0.385. The van der Waals surface area contributed by atoms with Crippen LogP contribution in [0.5, 0.6) is 17.2 Å². The molecule has 41 heavy (non-hydrogen) atoms. The van der Waals surface area contributed by atoms with E-state index in [2.05, 4.69) is 11.4 Å². The van der Waals surface area contributed by atoms with Gasteiger partial charge in [0.05, 0.1) is 35.8 Å². The van der Waals surface area contributed by atoms with Crippen molar-refractivity contribution >= 4 is 5.69 Å². The van der Waals surface area contributed by atoms with Gasteiger partial charge in [-0.25, -0.2) is 0 Å². The SMILES string of the molecule is Cc1c(C(NCc2ccc(C#N)cc2)c2ccc(Oc3cccc(OCC4CCOC4)c3)cc2)cccc1[N+](=O)[O-]. The molecule has 2 atom stereocenters. The Balaban J connectivity index is 1.34. The normalized spacial score (nSPS) is 15.2. The summed E-state index contributed by atoms with van der Waals surface area (Å²) in [7, 11) is 0. The summed E-state index contributed by atoms with van der Waals surface area (Å²) in [6, 6.07) is 29.6. The van der Waals surface area contributed by atoms with Gasteiger partial charge in [0.2, 0.25) is 0 Å².